The summed E-state index contributed by atoms with van der Waals surface area (Å²) in [5.74, 6) is 0. The molecule has 0 saturated heterocycles. The summed E-state index contributed by atoms with van der Waals surface area (Å²) in [7, 11) is 0. The third-order valence-corrected chi connectivity index (χ3v) is 4.82. The van der Waals surface area contributed by atoms with Crippen LogP contribution in [0.25, 0.3) is 0 Å². The van der Waals surface area contributed by atoms with Crippen LogP contribution in [0, 0.1) is 0 Å². The zero-order valence-corrected chi connectivity index (χ0v) is 12.7. The molecule has 1 aromatic heterocycles. The molecule has 1 aliphatic rings. The molecule has 0 aliphatic carbocycles. The van der Waals surface area contributed by atoms with Gasteiger partial charge in [-0.15, -0.1) is 11.3 Å². The molecule has 20 heavy (non-hydrogen) atoms. The van der Waals surface area contributed by atoms with E-state index in [2.05, 4.69) is 46.1 Å². The van der Waals surface area contributed by atoms with E-state index in [1.54, 1.807) is 11.3 Å². The van der Waals surface area contributed by atoms with Gasteiger partial charge < -0.3 is 10.6 Å². The predicted octanol–water partition coefficient (Wildman–Crippen LogP) is 3.03. The fourth-order valence-corrected chi connectivity index (χ4v) is 3.62. The number of nitrogens with zero attached hydrogens (tertiary/aromatic N) is 1. The third kappa shape index (κ3) is 2.92. The molecule has 3 rings (SSSR count). The molecule has 1 aromatic carbocycles. The molecular formula is C16H21N3S. The average Bonchev–Trinajstić information content (AvgIpc) is 3.02. The lowest BCUT2D eigenvalue weighted by Gasteiger charge is -2.22. The Kier molecular flexibility index (Phi) is 4.45. The minimum absolute atomic E-state index is 0.368. The van der Waals surface area contributed by atoms with Gasteiger partial charge in [-0.2, -0.15) is 0 Å². The Morgan fingerprint density at radius 3 is 3.20 bits per heavy atom. The number of benzene rings is 1. The van der Waals surface area contributed by atoms with Gasteiger partial charge >= 0.3 is 0 Å². The van der Waals surface area contributed by atoms with E-state index >= 15 is 0 Å². The summed E-state index contributed by atoms with van der Waals surface area (Å²) in [6, 6.07) is 7.04. The lowest BCUT2D eigenvalue weighted by molar-refractivity contribution is 0.513. The van der Waals surface area contributed by atoms with Gasteiger partial charge in [0.2, 0.25) is 0 Å². The standard InChI is InChI=1S/C16H21N3S/c1-2-15(16-18-8-9-20-16)19-11-13-5-3-4-12-10-17-7-6-14(12)13/h3-5,8-9,15,17,19H,2,6-7,10-11H2,1H3. The van der Waals surface area contributed by atoms with Crippen LogP contribution < -0.4 is 10.6 Å². The highest BCUT2D eigenvalue weighted by atomic mass is 32.1. The van der Waals surface area contributed by atoms with Crippen molar-refractivity contribution in [3.63, 3.8) is 0 Å². The summed E-state index contributed by atoms with van der Waals surface area (Å²) in [4.78, 5) is 4.43. The van der Waals surface area contributed by atoms with Crippen LogP contribution in [0.1, 0.15) is 41.1 Å². The molecule has 4 heteroatoms. The van der Waals surface area contributed by atoms with Gasteiger partial charge in [0.15, 0.2) is 0 Å². The fraction of sp³-hybridized carbons (Fsp3) is 0.438. The van der Waals surface area contributed by atoms with Gasteiger partial charge in [-0.3, -0.25) is 0 Å². The van der Waals surface area contributed by atoms with E-state index < -0.39 is 0 Å². The molecular weight excluding hydrogens is 266 g/mol. The maximum Gasteiger partial charge on any atom is 0.109 e. The van der Waals surface area contributed by atoms with Gasteiger partial charge in [0.05, 0.1) is 6.04 Å². The van der Waals surface area contributed by atoms with Crippen molar-refractivity contribution in [2.45, 2.75) is 38.9 Å². The highest BCUT2D eigenvalue weighted by Crippen LogP contribution is 2.22. The van der Waals surface area contributed by atoms with Gasteiger partial charge in [-0.1, -0.05) is 25.1 Å². The maximum atomic E-state index is 4.43. The minimum atomic E-state index is 0.368. The van der Waals surface area contributed by atoms with Crippen molar-refractivity contribution >= 4 is 11.3 Å². The topological polar surface area (TPSA) is 37.0 Å². The smallest absolute Gasteiger partial charge is 0.109 e. The predicted molar refractivity (Wildman–Crippen MR) is 83.8 cm³/mol. The molecule has 0 spiro atoms. The highest BCUT2D eigenvalue weighted by molar-refractivity contribution is 7.09. The Morgan fingerprint density at radius 2 is 2.40 bits per heavy atom. The normalized spacial score (nSPS) is 15.8. The third-order valence-electron chi connectivity index (χ3n) is 3.93. The molecule has 2 N–H and O–H groups in total. The molecule has 0 fully saturated rings. The number of rotatable bonds is 5. The Hall–Kier alpha value is -1.23. The second kappa shape index (κ2) is 6.48. The van der Waals surface area contributed by atoms with Crippen LogP contribution in [0.5, 0.6) is 0 Å². The van der Waals surface area contributed by atoms with Gasteiger partial charge in [0, 0.05) is 24.7 Å². The average molecular weight is 287 g/mol. The zero-order valence-electron chi connectivity index (χ0n) is 11.9. The van der Waals surface area contributed by atoms with E-state index in [9.17, 15) is 0 Å². The lowest BCUT2D eigenvalue weighted by Crippen LogP contribution is -2.26. The fourth-order valence-electron chi connectivity index (χ4n) is 2.82. The highest BCUT2D eigenvalue weighted by Gasteiger charge is 2.15. The minimum Gasteiger partial charge on any atom is -0.312 e. The summed E-state index contributed by atoms with van der Waals surface area (Å²) < 4.78 is 0. The zero-order chi connectivity index (χ0) is 13.8. The summed E-state index contributed by atoms with van der Waals surface area (Å²) in [6.07, 6.45) is 4.10. The Labute approximate surface area is 124 Å². The Morgan fingerprint density at radius 1 is 1.45 bits per heavy atom. The van der Waals surface area contributed by atoms with E-state index in [1.807, 2.05) is 6.20 Å². The molecule has 1 aliphatic heterocycles. The first-order valence-corrected chi connectivity index (χ1v) is 8.19. The van der Waals surface area contributed by atoms with Crippen molar-refractivity contribution < 1.29 is 0 Å². The first-order chi connectivity index (χ1) is 9.88. The number of aromatic nitrogens is 1. The van der Waals surface area contributed by atoms with Crippen LogP contribution in [0.3, 0.4) is 0 Å². The molecule has 3 nitrogen and oxygen atoms in total. The van der Waals surface area contributed by atoms with Crippen molar-refractivity contribution in [2.75, 3.05) is 6.54 Å². The van der Waals surface area contributed by atoms with Crippen LogP contribution in [0.2, 0.25) is 0 Å². The Balaban J connectivity index is 1.72. The number of fused-ring (bicyclic) bond motifs is 1. The van der Waals surface area contributed by atoms with E-state index in [0.29, 0.717) is 6.04 Å². The molecule has 2 heterocycles. The van der Waals surface area contributed by atoms with Crippen LogP contribution >= 0.6 is 11.3 Å². The van der Waals surface area contributed by atoms with E-state index in [0.717, 1.165) is 32.5 Å². The molecule has 0 saturated carbocycles. The Bertz CT molecular complexity index is 551. The van der Waals surface area contributed by atoms with Crippen LogP contribution in [0.15, 0.2) is 29.8 Å². The summed E-state index contributed by atoms with van der Waals surface area (Å²) in [5, 5.41) is 10.3. The van der Waals surface area contributed by atoms with Crippen molar-refractivity contribution in [2.24, 2.45) is 0 Å². The van der Waals surface area contributed by atoms with Crippen LogP contribution in [0.4, 0.5) is 0 Å². The van der Waals surface area contributed by atoms with Crippen molar-refractivity contribution in [1.82, 2.24) is 15.6 Å². The molecule has 106 valence electrons. The van der Waals surface area contributed by atoms with Gasteiger partial charge in [-0.05, 0) is 36.1 Å². The molecule has 1 atom stereocenters. The van der Waals surface area contributed by atoms with Crippen molar-refractivity contribution in [3.8, 4) is 0 Å². The lowest BCUT2D eigenvalue weighted by atomic mass is 9.95. The quantitative estimate of drug-likeness (QED) is 0.887. The van der Waals surface area contributed by atoms with Gasteiger partial charge in [-0.25, -0.2) is 4.98 Å². The molecule has 1 unspecified atom stereocenters. The van der Waals surface area contributed by atoms with E-state index in [4.69, 9.17) is 0 Å². The largest absolute Gasteiger partial charge is 0.312 e. The summed E-state index contributed by atoms with van der Waals surface area (Å²) in [6.45, 7) is 5.24. The first kappa shape index (κ1) is 13.7. The maximum absolute atomic E-state index is 4.43. The van der Waals surface area contributed by atoms with Crippen LogP contribution in [-0.4, -0.2) is 11.5 Å². The number of nitrogens with one attached hydrogen (secondary N) is 2. The number of hydrogen-bond acceptors (Lipinski definition) is 4. The molecule has 0 amide bonds. The second-order valence-corrected chi connectivity index (χ2v) is 6.12. The summed E-state index contributed by atoms with van der Waals surface area (Å²) in [5.41, 5.74) is 4.43. The van der Waals surface area contributed by atoms with Crippen LogP contribution in [-0.2, 0) is 19.5 Å². The monoisotopic (exact) mass is 287 g/mol. The van der Waals surface area contributed by atoms with Gasteiger partial charge in [0.25, 0.3) is 0 Å². The second-order valence-electron chi connectivity index (χ2n) is 5.19. The van der Waals surface area contributed by atoms with E-state index in [1.165, 1.54) is 21.7 Å². The molecule has 0 bridgehead atoms. The summed E-state index contributed by atoms with van der Waals surface area (Å²) >= 11 is 1.74. The van der Waals surface area contributed by atoms with Crippen molar-refractivity contribution in [3.05, 3.63) is 51.5 Å². The van der Waals surface area contributed by atoms with E-state index in [-0.39, 0.29) is 0 Å². The number of hydrogen-bond donors (Lipinski definition) is 2. The van der Waals surface area contributed by atoms with Gasteiger partial charge in [0.1, 0.15) is 5.01 Å². The first-order valence-electron chi connectivity index (χ1n) is 7.31. The van der Waals surface area contributed by atoms with Crippen molar-refractivity contribution in [1.29, 1.82) is 0 Å². The molecule has 2 aromatic rings. The molecule has 0 radical (unpaired) electrons. The number of thiazole rings is 1. The SMILES string of the molecule is CCC(NCc1cccc2c1CCNC2)c1nccs1.